The summed E-state index contributed by atoms with van der Waals surface area (Å²) in [6, 6.07) is 10.7. The van der Waals surface area contributed by atoms with E-state index in [1.54, 1.807) is 11.4 Å². The summed E-state index contributed by atoms with van der Waals surface area (Å²) in [4.78, 5) is 18.0. The molecule has 0 bridgehead atoms. The van der Waals surface area contributed by atoms with Crippen LogP contribution in [-0.2, 0) is 33.5 Å². The van der Waals surface area contributed by atoms with Crippen LogP contribution in [0.2, 0.25) is 0 Å². The van der Waals surface area contributed by atoms with E-state index in [2.05, 4.69) is 23.1 Å². The average molecular weight is 528 g/mol. The van der Waals surface area contributed by atoms with Gasteiger partial charge in [-0.05, 0) is 92.6 Å². The normalized spacial score (nSPS) is 18.3. The van der Waals surface area contributed by atoms with Crippen LogP contribution >= 0.6 is 0 Å². The highest BCUT2D eigenvalue weighted by Crippen LogP contribution is 2.36. The van der Waals surface area contributed by atoms with Gasteiger partial charge in [-0.15, -0.1) is 0 Å². The van der Waals surface area contributed by atoms with Crippen molar-refractivity contribution in [2.75, 3.05) is 54.1 Å². The molecule has 1 saturated heterocycles. The highest BCUT2D eigenvalue weighted by molar-refractivity contribution is 7.82. The second kappa shape index (κ2) is 12.5. The maximum atomic E-state index is 13.1. The SMILES string of the molecule is COc1cc(C)c(S(=O)N(C)CCOCC(=O)N(C)C2CCc3cc(CN4CCCC4)ccc32)c(C)c1. The third-order valence-electron chi connectivity index (χ3n) is 7.62. The van der Waals surface area contributed by atoms with Gasteiger partial charge in [0.05, 0.1) is 24.7 Å². The van der Waals surface area contributed by atoms with Crippen LogP contribution in [0.15, 0.2) is 35.2 Å². The Labute approximate surface area is 224 Å². The lowest BCUT2D eigenvalue weighted by Crippen LogP contribution is -2.34. The molecule has 1 amide bonds. The number of aryl methyl sites for hydroxylation is 3. The van der Waals surface area contributed by atoms with Gasteiger partial charge >= 0.3 is 0 Å². The summed E-state index contributed by atoms with van der Waals surface area (Å²) in [6.07, 6.45) is 4.57. The summed E-state index contributed by atoms with van der Waals surface area (Å²) in [5.41, 5.74) is 5.87. The third kappa shape index (κ3) is 6.60. The highest BCUT2D eigenvalue weighted by Gasteiger charge is 2.29. The van der Waals surface area contributed by atoms with E-state index < -0.39 is 11.0 Å². The van der Waals surface area contributed by atoms with Crippen molar-refractivity contribution in [2.45, 2.75) is 57.0 Å². The molecule has 8 heteroatoms. The van der Waals surface area contributed by atoms with Crippen LogP contribution in [0, 0.1) is 13.8 Å². The summed E-state index contributed by atoms with van der Waals surface area (Å²) < 4.78 is 25.9. The van der Waals surface area contributed by atoms with Crippen LogP contribution in [0.5, 0.6) is 5.75 Å². The van der Waals surface area contributed by atoms with E-state index in [4.69, 9.17) is 9.47 Å². The molecule has 2 aliphatic rings. The summed E-state index contributed by atoms with van der Waals surface area (Å²) in [7, 11) is 4.00. The first-order valence-corrected chi connectivity index (χ1v) is 14.3. The summed E-state index contributed by atoms with van der Waals surface area (Å²) >= 11 is 0. The van der Waals surface area contributed by atoms with Gasteiger partial charge in [0, 0.05) is 27.2 Å². The van der Waals surface area contributed by atoms with Gasteiger partial charge in [-0.25, -0.2) is 8.51 Å². The molecule has 1 heterocycles. The van der Waals surface area contributed by atoms with Gasteiger partial charge < -0.3 is 14.4 Å². The lowest BCUT2D eigenvalue weighted by Gasteiger charge is -2.26. The second-order valence-electron chi connectivity index (χ2n) is 10.3. The highest BCUT2D eigenvalue weighted by atomic mass is 32.2. The standard InChI is InChI=1S/C29H41N3O4S/c1-21-16-25(35-5)17-22(2)29(21)37(34)30(3)14-15-36-20-28(33)31(4)27-11-9-24-18-23(8-10-26(24)27)19-32-12-6-7-13-32/h8,10,16-18,27H,6-7,9,11-15,19-20H2,1-5H3. The number of amides is 1. The number of methoxy groups -OCH3 is 1. The summed E-state index contributed by atoms with van der Waals surface area (Å²) in [5.74, 6) is 0.737. The fourth-order valence-corrected chi connectivity index (χ4v) is 6.74. The lowest BCUT2D eigenvalue weighted by molar-refractivity contribution is -0.137. The minimum absolute atomic E-state index is 0.0235. The number of hydrogen-bond donors (Lipinski definition) is 0. The van der Waals surface area contributed by atoms with Crippen molar-refractivity contribution in [3.63, 3.8) is 0 Å². The molecule has 37 heavy (non-hydrogen) atoms. The smallest absolute Gasteiger partial charge is 0.248 e. The Hall–Kier alpha value is -2.26. The molecule has 0 radical (unpaired) electrons. The molecule has 0 spiro atoms. The maximum Gasteiger partial charge on any atom is 0.248 e. The van der Waals surface area contributed by atoms with Crippen molar-refractivity contribution in [2.24, 2.45) is 0 Å². The van der Waals surface area contributed by atoms with Crippen LogP contribution in [0.25, 0.3) is 0 Å². The number of fused-ring (bicyclic) bond motifs is 1. The van der Waals surface area contributed by atoms with Gasteiger partial charge in [-0.1, -0.05) is 18.2 Å². The zero-order chi connectivity index (χ0) is 26.5. The van der Waals surface area contributed by atoms with Crippen LogP contribution in [0.1, 0.15) is 53.1 Å². The van der Waals surface area contributed by atoms with E-state index in [0.717, 1.165) is 41.2 Å². The molecule has 1 aliphatic heterocycles. The fraction of sp³-hybridized carbons (Fsp3) is 0.552. The number of ether oxygens (including phenoxy) is 2. The van der Waals surface area contributed by atoms with Crippen LogP contribution in [0.4, 0.5) is 0 Å². The fourth-order valence-electron chi connectivity index (χ4n) is 5.52. The van der Waals surface area contributed by atoms with Crippen LogP contribution < -0.4 is 4.74 Å². The average Bonchev–Trinajstić information content (AvgIpc) is 3.55. The molecule has 0 N–H and O–H groups in total. The number of likely N-dealkylation sites (N-methyl/N-ethyl adjacent to an activating group) is 2. The quantitative estimate of drug-likeness (QED) is 0.413. The third-order valence-corrected chi connectivity index (χ3v) is 9.36. The Morgan fingerprint density at radius 2 is 1.81 bits per heavy atom. The van der Waals surface area contributed by atoms with E-state index >= 15 is 0 Å². The van der Waals surface area contributed by atoms with E-state index in [-0.39, 0.29) is 18.6 Å². The Bertz CT molecular complexity index is 1110. The number of carbonyl (C=O) groups is 1. The predicted octanol–water partition coefficient (Wildman–Crippen LogP) is 4.02. The second-order valence-corrected chi connectivity index (χ2v) is 11.8. The van der Waals surface area contributed by atoms with E-state index in [0.29, 0.717) is 13.2 Å². The Balaban J connectivity index is 1.25. The van der Waals surface area contributed by atoms with Crippen LogP contribution in [-0.4, -0.2) is 78.3 Å². The number of likely N-dealkylation sites (tertiary alicyclic amines) is 1. The first-order chi connectivity index (χ1) is 17.8. The molecule has 2 unspecified atom stereocenters. The topological polar surface area (TPSA) is 62.3 Å². The molecule has 2 aromatic carbocycles. The Kier molecular flexibility index (Phi) is 9.40. The van der Waals surface area contributed by atoms with Crippen molar-refractivity contribution in [1.29, 1.82) is 0 Å². The molecule has 0 aromatic heterocycles. The molecular weight excluding hydrogens is 486 g/mol. The molecule has 7 nitrogen and oxygen atoms in total. The van der Waals surface area contributed by atoms with Crippen LogP contribution in [0.3, 0.4) is 0 Å². The monoisotopic (exact) mass is 527 g/mol. The lowest BCUT2D eigenvalue weighted by atomic mass is 10.0. The van der Waals surface area contributed by atoms with Crippen molar-refractivity contribution < 1.29 is 18.5 Å². The zero-order valence-corrected chi connectivity index (χ0v) is 23.7. The molecule has 1 fully saturated rings. The van der Waals surface area contributed by atoms with Gasteiger partial charge in [0.1, 0.15) is 23.3 Å². The molecule has 2 aromatic rings. The first-order valence-electron chi connectivity index (χ1n) is 13.2. The number of carbonyl (C=O) groups excluding carboxylic acids is 1. The molecule has 202 valence electrons. The van der Waals surface area contributed by atoms with E-state index in [1.165, 1.54) is 42.6 Å². The van der Waals surface area contributed by atoms with Crippen molar-refractivity contribution >= 4 is 16.9 Å². The van der Waals surface area contributed by atoms with Gasteiger partial charge in [-0.3, -0.25) is 9.69 Å². The molecular formula is C29H41N3O4S. The Morgan fingerprint density at radius 1 is 1.11 bits per heavy atom. The van der Waals surface area contributed by atoms with Crippen molar-refractivity contribution in [3.8, 4) is 5.75 Å². The minimum Gasteiger partial charge on any atom is -0.497 e. The summed E-state index contributed by atoms with van der Waals surface area (Å²) in [5, 5.41) is 0. The van der Waals surface area contributed by atoms with E-state index in [9.17, 15) is 9.00 Å². The maximum absolute atomic E-state index is 13.1. The Morgan fingerprint density at radius 3 is 2.49 bits per heavy atom. The number of rotatable bonds is 11. The largest absolute Gasteiger partial charge is 0.497 e. The molecule has 4 rings (SSSR count). The number of hydrogen-bond acceptors (Lipinski definition) is 5. The van der Waals surface area contributed by atoms with Gasteiger partial charge in [0.25, 0.3) is 0 Å². The molecule has 0 saturated carbocycles. The summed E-state index contributed by atoms with van der Waals surface area (Å²) in [6.45, 7) is 8.12. The van der Waals surface area contributed by atoms with Gasteiger partial charge in [-0.2, -0.15) is 0 Å². The first kappa shape index (κ1) is 27.8. The predicted molar refractivity (Wildman–Crippen MR) is 147 cm³/mol. The zero-order valence-electron chi connectivity index (χ0n) is 22.9. The molecule has 1 aliphatic carbocycles. The van der Waals surface area contributed by atoms with Gasteiger partial charge in [0.15, 0.2) is 0 Å². The van der Waals surface area contributed by atoms with Crippen molar-refractivity contribution in [1.82, 2.24) is 14.1 Å². The number of benzene rings is 2. The van der Waals surface area contributed by atoms with Crippen molar-refractivity contribution in [3.05, 3.63) is 58.1 Å². The van der Waals surface area contributed by atoms with E-state index in [1.807, 2.05) is 45.0 Å². The molecule has 2 atom stereocenters. The van der Waals surface area contributed by atoms with Gasteiger partial charge in [0.2, 0.25) is 5.91 Å². The minimum atomic E-state index is -1.32. The number of nitrogens with zero attached hydrogens (tertiary/aromatic N) is 3.